The Hall–Kier alpha value is -2.89. The molecular weight excluding hydrogens is 254 g/mol. The van der Waals surface area contributed by atoms with Gasteiger partial charge in [-0.05, 0) is 24.3 Å². The predicted molar refractivity (Wildman–Crippen MR) is 77.2 cm³/mol. The van der Waals surface area contributed by atoms with E-state index in [0.717, 1.165) is 5.56 Å². The number of hydrogen-bond donors (Lipinski definition) is 2. The third kappa shape index (κ3) is 2.18. The van der Waals surface area contributed by atoms with Gasteiger partial charge < -0.3 is 16.2 Å². The molecule has 3 rings (SSSR count). The monoisotopic (exact) mass is 267 g/mol. The first-order valence-corrected chi connectivity index (χ1v) is 6.08. The second kappa shape index (κ2) is 5.00. The fourth-order valence-corrected chi connectivity index (χ4v) is 1.92. The summed E-state index contributed by atoms with van der Waals surface area (Å²) >= 11 is 0. The molecule has 20 heavy (non-hydrogen) atoms. The van der Waals surface area contributed by atoms with Crippen LogP contribution in [-0.2, 0) is 4.74 Å². The first-order valence-electron chi connectivity index (χ1n) is 6.08. The Kier molecular flexibility index (Phi) is 3.04. The highest BCUT2D eigenvalue weighted by molar-refractivity contribution is 5.80. The molecule has 0 aliphatic carbocycles. The first-order chi connectivity index (χ1) is 9.75. The lowest BCUT2D eigenvalue weighted by Gasteiger charge is -2.15. The minimum Gasteiger partial charge on any atom is -0.487 e. The van der Waals surface area contributed by atoms with E-state index in [0.29, 0.717) is 29.4 Å². The Bertz CT molecular complexity index is 694. The zero-order chi connectivity index (χ0) is 13.9. The van der Waals surface area contributed by atoms with E-state index in [1.54, 1.807) is 18.3 Å². The molecule has 0 bridgehead atoms. The van der Waals surface area contributed by atoms with E-state index in [-0.39, 0.29) is 5.82 Å². The van der Waals surface area contributed by atoms with E-state index in [2.05, 4.69) is 15.0 Å². The van der Waals surface area contributed by atoms with Gasteiger partial charge in [-0.2, -0.15) is 0 Å². The van der Waals surface area contributed by atoms with Crippen LogP contribution in [0.4, 0.5) is 11.5 Å². The van der Waals surface area contributed by atoms with Gasteiger partial charge in [-0.15, -0.1) is 0 Å². The van der Waals surface area contributed by atoms with Crippen molar-refractivity contribution in [2.75, 3.05) is 18.1 Å². The molecule has 2 aromatic heterocycles. The lowest BCUT2D eigenvalue weighted by Crippen LogP contribution is -2.06. The molecule has 6 nitrogen and oxygen atoms in total. The SMILES string of the molecule is Nc1cc(-c2ccncn2)c(C2=CC=CCO2)nc1N. The minimum atomic E-state index is 0.275. The summed E-state index contributed by atoms with van der Waals surface area (Å²) < 4.78 is 5.59. The van der Waals surface area contributed by atoms with Crippen LogP contribution >= 0.6 is 0 Å². The second-order valence-corrected chi connectivity index (χ2v) is 4.22. The van der Waals surface area contributed by atoms with Gasteiger partial charge in [0.15, 0.2) is 0 Å². The van der Waals surface area contributed by atoms with Gasteiger partial charge in [0.25, 0.3) is 0 Å². The molecule has 0 amide bonds. The van der Waals surface area contributed by atoms with Crippen molar-refractivity contribution in [1.29, 1.82) is 0 Å². The third-order valence-corrected chi connectivity index (χ3v) is 2.89. The molecule has 3 heterocycles. The highest BCUT2D eigenvalue weighted by Gasteiger charge is 2.16. The normalized spacial score (nSPS) is 13.7. The summed E-state index contributed by atoms with van der Waals surface area (Å²) in [6.45, 7) is 0.501. The molecule has 0 saturated heterocycles. The van der Waals surface area contributed by atoms with Crippen molar-refractivity contribution in [2.24, 2.45) is 0 Å². The Morgan fingerprint density at radius 1 is 1.25 bits per heavy atom. The van der Waals surface area contributed by atoms with Gasteiger partial charge in [0.2, 0.25) is 0 Å². The van der Waals surface area contributed by atoms with Crippen LogP contribution in [0.5, 0.6) is 0 Å². The zero-order valence-electron chi connectivity index (χ0n) is 10.7. The summed E-state index contributed by atoms with van der Waals surface area (Å²) in [5, 5.41) is 0. The number of rotatable bonds is 2. The molecule has 100 valence electrons. The smallest absolute Gasteiger partial charge is 0.147 e. The second-order valence-electron chi connectivity index (χ2n) is 4.22. The highest BCUT2D eigenvalue weighted by Crippen LogP contribution is 2.31. The van der Waals surface area contributed by atoms with Crippen molar-refractivity contribution < 1.29 is 4.74 Å². The Balaban J connectivity index is 2.20. The lowest BCUT2D eigenvalue weighted by molar-refractivity contribution is 0.315. The average molecular weight is 267 g/mol. The third-order valence-electron chi connectivity index (χ3n) is 2.89. The van der Waals surface area contributed by atoms with Crippen LogP contribution in [0.25, 0.3) is 17.0 Å². The maximum atomic E-state index is 5.85. The van der Waals surface area contributed by atoms with Crippen LogP contribution in [0, 0.1) is 0 Å². The Labute approximate surface area is 115 Å². The number of ether oxygens (including phenoxy) is 1. The number of nitrogens with zero attached hydrogens (tertiary/aromatic N) is 3. The molecule has 2 aromatic rings. The summed E-state index contributed by atoms with van der Waals surface area (Å²) in [5.74, 6) is 0.921. The molecule has 4 N–H and O–H groups in total. The molecule has 1 aliphatic heterocycles. The van der Waals surface area contributed by atoms with Crippen LogP contribution in [0.1, 0.15) is 5.69 Å². The molecule has 0 unspecified atom stereocenters. The van der Waals surface area contributed by atoms with Gasteiger partial charge >= 0.3 is 0 Å². The van der Waals surface area contributed by atoms with E-state index in [9.17, 15) is 0 Å². The van der Waals surface area contributed by atoms with Crippen LogP contribution in [0.2, 0.25) is 0 Å². The van der Waals surface area contributed by atoms with Crippen molar-refractivity contribution in [3.05, 3.63) is 48.6 Å². The van der Waals surface area contributed by atoms with Crippen LogP contribution in [0.15, 0.2) is 42.9 Å². The van der Waals surface area contributed by atoms with Gasteiger partial charge in [-0.1, -0.05) is 6.08 Å². The van der Waals surface area contributed by atoms with Crippen LogP contribution in [-0.4, -0.2) is 21.6 Å². The van der Waals surface area contributed by atoms with Crippen molar-refractivity contribution >= 4 is 17.3 Å². The number of nitrogens with two attached hydrogens (primary N) is 2. The maximum Gasteiger partial charge on any atom is 0.147 e. The van der Waals surface area contributed by atoms with Gasteiger partial charge in [-0.25, -0.2) is 15.0 Å². The summed E-state index contributed by atoms with van der Waals surface area (Å²) in [6, 6.07) is 3.54. The molecular formula is C14H13N5O. The minimum absolute atomic E-state index is 0.275. The Morgan fingerprint density at radius 2 is 2.15 bits per heavy atom. The van der Waals surface area contributed by atoms with Crippen molar-refractivity contribution in [3.8, 4) is 11.3 Å². The highest BCUT2D eigenvalue weighted by atomic mass is 16.5. The summed E-state index contributed by atoms with van der Waals surface area (Å²) in [6.07, 6.45) is 8.80. The van der Waals surface area contributed by atoms with Gasteiger partial charge in [-0.3, -0.25) is 0 Å². The summed E-state index contributed by atoms with van der Waals surface area (Å²) in [7, 11) is 0. The molecule has 0 radical (unpaired) electrons. The maximum absolute atomic E-state index is 5.85. The van der Waals surface area contributed by atoms with Crippen LogP contribution < -0.4 is 11.5 Å². The van der Waals surface area contributed by atoms with Crippen molar-refractivity contribution in [3.63, 3.8) is 0 Å². The molecule has 0 aromatic carbocycles. The van der Waals surface area contributed by atoms with E-state index in [1.165, 1.54) is 6.33 Å². The summed E-state index contributed by atoms with van der Waals surface area (Å²) in [5.41, 5.74) is 14.2. The molecule has 0 fully saturated rings. The number of aromatic nitrogens is 3. The van der Waals surface area contributed by atoms with E-state index < -0.39 is 0 Å². The standard InChI is InChI=1S/C14H13N5O/c15-10-7-9(11-4-5-17-8-18-11)13(19-14(10)16)12-3-1-2-6-20-12/h1-5,7-8H,6,15H2,(H2,16,19). The van der Waals surface area contributed by atoms with Gasteiger partial charge in [0.05, 0.1) is 11.4 Å². The fraction of sp³-hybridized carbons (Fsp3) is 0.0714. The molecule has 6 heteroatoms. The number of allylic oxidation sites excluding steroid dienone is 2. The molecule has 1 aliphatic rings. The van der Waals surface area contributed by atoms with Gasteiger partial charge in [0.1, 0.15) is 30.2 Å². The summed E-state index contributed by atoms with van der Waals surface area (Å²) in [4.78, 5) is 12.5. The largest absolute Gasteiger partial charge is 0.487 e. The van der Waals surface area contributed by atoms with E-state index >= 15 is 0 Å². The molecule has 0 spiro atoms. The fourth-order valence-electron chi connectivity index (χ4n) is 1.92. The topological polar surface area (TPSA) is 99.9 Å². The van der Waals surface area contributed by atoms with Crippen molar-refractivity contribution in [1.82, 2.24) is 15.0 Å². The van der Waals surface area contributed by atoms with Crippen LogP contribution in [0.3, 0.4) is 0 Å². The van der Waals surface area contributed by atoms with E-state index in [1.807, 2.05) is 18.2 Å². The predicted octanol–water partition coefficient (Wildman–Crippen LogP) is 1.63. The van der Waals surface area contributed by atoms with Crippen molar-refractivity contribution in [2.45, 2.75) is 0 Å². The lowest BCUT2D eigenvalue weighted by atomic mass is 10.1. The number of hydrogen-bond acceptors (Lipinski definition) is 6. The average Bonchev–Trinajstić information content (AvgIpc) is 2.51. The number of pyridine rings is 1. The quantitative estimate of drug-likeness (QED) is 0.857. The molecule has 0 saturated carbocycles. The van der Waals surface area contributed by atoms with Gasteiger partial charge in [0, 0.05) is 11.8 Å². The number of nitrogen functional groups attached to an aromatic ring is 2. The molecule has 0 atom stereocenters. The Morgan fingerprint density at radius 3 is 2.85 bits per heavy atom. The number of anilines is 2. The first kappa shape index (κ1) is 12.2. The zero-order valence-corrected chi connectivity index (χ0v) is 10.7. The van der Waals surface area contributed by atoms with E-state index in [4.69, 9.17) is 16.2 Å².